The van der Waals surface area contributed by atoms with E-state index in [0.29, 0.717) is 5.02 Å². The Hall–Kier alpha value is -1.80. The van der Waals surface area contributed by atoms with Crippen LogP contribution in [-0.4, -0.2) is 5.71 Å². The van der Waals surface area contributed by atoms with Crippen molar-refractivity contribution >= 4 is 23.0 Å². The molecule has 2 aromatic carbocycles. The first-order valence-electron chi connectivity index (χ1n) is 6.00. The molecule has 0 amide bonds. The van der Waals surface area contributed by atoms with Crippen LogP contribution in [0.15, 0.2) is 53.6 Å². The Morgan fingerprint density at radius 1 is 0.944 bits per heavy atom. The second kappa shape index (κ2) is 4.83. The maximum Gasteiger partial charge on any atom is 0.0748 e. The van der Waals surface area contributed by atoms with Crippen LogP contribution < -0.4 is 5.43 Å². The quantitative estimate of drug-likeness (QED) is 0.804. The number of anilines is 1. The second-order valence-corrected chi connectivity index (χ2v) is 4.71. The summed E-state index contributed by atoms with van der Waals surface area (Å²) < 4.78 is 0. The Labute approximate surface area is 111 Å². The summed E-state index contributed by atoms with van der Waals surface area (Å²) in [6, 6.07) is 16.0. The molecule has 18 heavy (non-hydrogen) atoms. The predicted octanol–water partition coefficient (Wildman–Crippen LogP) is 4.10. The van der Waals surface area contributed by atoms with Crippen LogP contribution in [0.25, 0.3) is 0 Å². The smallest absolute Gasteiger partial charge is 0.0748 e. The van der Waals surface area contributed by atoms with Gasteiger partial charge in [-0.2, -0.15) is 5.10 Å². The third kappa shape index (κ3) is 2.12. The molecule has 0 fully saturated rings. The van der Waals surface area contributed by atoms with Gasteiger partial charge in [0.2, 0.25) is 0 Å². The lowest BCUT2D eigenvalue weighted by molar-refractivity contribution is 1.09. The van der Waals surface area contributed by atoms with Gasteiger partial charge in [0.05, 0.1) is 16.4 Å². The maximum absolute atomic E-state index is 6.08. The number of hydrogen-bond acceptors (Lipinski definition) is 2. The number of benzene rings is 2. The average molecular weight is 257 g/mol. The molecule has 2 nitrogen and oxygen atoms in total. The molecule has 3 rings (SSSR count). The topological polar surface area (TPSA) is 24.4 Å². The number of nitrogens with zero attached hydrogens (tertiary/aromatic N) is 1. The zero-order chi connectivity index (χ0) is 12.4. The molecule has 0 bridgehead atoms. The molecule has 0 heterocycles. The molecule has 0 saturated carbocycles. The molecule has 90 valence electrons. The summed E-state index contributed by atoms with van der Waals surface area (Å²) in [6.45, 7) is 0. The Morgan fingerprint density at radius 3 is 2.61 bits per heavy atom. The number of hydrazone groups is 1. The fourth-order valence-electron chi connectivity index (χ4n) is 2.20. The van der Waals surface area contributed by atoms with Gasteiger partial charge in [-0.25, -0.2) is 0 Å². The minimum absolute atomic E-state index is 0.688. The van der Waals surface area contributed by atoms with Gasteiger partial charge >= 0.3 is 0 Å². The van der Waals surface area contributed by atoms with Crippen LogP contribution in [0.5, 0.6) is 0 Å². The zero-order valence-electron chi connectivity index (χ0n) is 9.86. The van der Waals surface area contributed by atoms with Crippen molar-refractivity contribution in [3.63, 3.8) is 0 Å². The van der Waals surface area contributed by atoms with Crippen LogP contribution in [0, 0.1) is 0 Å². The van der Waals surface area contributed by atoms with E-state index in [1.54, 1.807) is 0 Å². The van der Waals surface area contributed by atoms with Crippen molar-refractivity contribution in [2.75, 3.05) is 5.43 Å². The van der Waals surface area contributed by atoms with E-state index in [1.807, 2.05) is 24.3 Å². The van der Waals surface area contributed by atoms with E-state index in [2.05, 4.69) is 34.8 Å². The molecule has 3 heteroatoms. The van der Waals surface area contributed by atoms with Crippen molar-refractivity contribution in [1.29, 1.82) is 0 Å². The highest BCUT2D eigenvalue weighted by Gasteiger charge is 2.16. The van der Waals surface area contributed by atoms with Gasteiger partial charge in [0.25, 0.3) is 0 Å². The van der Waals surface area contributed by atoms with Gasteiger partial charge in [-0.3, -0.25) is 5.43 Å². The van der Waals surface area contributed by atoms with E-state index in [-0.39, 0.29) is 0 Å². The lowest BCUT2D eigenvalue weighted by Crippen LogP contribution is -2.00. The lowest BCUT2D eigenvalue weighted by Gasteiger charge is -2.04. The van der Waals surface area contributed by atoms with Gasteiger partial charge in [0.1, 0.15) is 0 Å². The number of nitrogens with one attached hydrogen (secondary N) is 1. The first-order chi connectivity index (χ1) is 8.84. The fourth-order valence-corrected chi connectivity index (χ4v) is 2.38. The van der Waals surface area contributed by atoms with Gasteiger partial charge < -0.3 is 0 Å². The Bertz CT molecular complexity index is 605. The normalized spacial score (nSPS) is 15.7. The van der Waals surface area contributed by atoms with Crippen LogP contribution >= 0.6 is 11.6 Å². The van der Waals surface area contributed by atoms with Crippen LogP contribution in [0.4, 0.5) is 5.69 Å². The van der Waals surface area contributed by atoms with E-state index in [1.165, 1.54) is 11.1 Å². The van der Waals surface area contributed by atoms with Crippen LogP contribution in [0.2, 0.25) is 5.02 Å². The minimum atomic E-state index is 0.688. The molecular weight excluding hydrogens is 244 g/mol. The molecule has 0 saturated heterocycles. The zero-order valence-corrected chi connectivity index (χ0v) is 10.6. The monoisotopic (exact) mass is 256 g/mol. The van der Waals surface area contributed by atoms with Crippen LogP contribution in [0.1, 0.15) is 17.5 Å². The molecule has 0 unspecified atom stereocenters. The molecular formula is C15H13ClN2. The highest BCUT2D eigenvalue weighted by molar-refractivity contribution is 6.33. The summed E-state index contributed by atoms with van der Waals surface area (Å²) in [5, 5.41) is 5.17. The van der Waals surface area contributed by atoms with Crippen molar-refractivity contribution in [2.45, 2.75) is 12.8 Å². The number of para-hydroxylation sites is 1. The van der Waals surface area contributed by atoms with Gasteiger partial charge in [-0.15, -0.1) is 0 Å². The van der Waals surface area contributed by atoms with Gasteiger partial charge in [-0.1, -0.05) is 48.0 Å². The minimum Gasteiger partial charge on any atom is -0.277 e. The third-order valence-corrected chi connectivity index (χ3v) is 3.47. The number of halogens is 1. The molecule has 1 aliphatic rings. The molecule has 2 aromatic rings. The SMILES string of the molecule is Clc1ccccc1N/N=C1/CCc2ccccc21. The van der Waals surface area contributed by atoms with Crippen molar-refractivity contribution in [2.24, 2.45) is 5.10 Å². The Kier molecular flexibility index (Phi) is 3.03. The Balaban J connectivity index is 1.85. The number of fused-ring (bicyclic) bond motifs is 1. The van der Waals surface area contributed by atoms with Crippen molar-refractivity contribution in [3.8, 4) is 0 Å². The molecule has 1 aliphatic carbocycles. The fraction of sp³-hybridized carbons (Fsp3) is 0.133. The highest BCUT2D eigenvalue weighted by atomic mass is 35.5. The van der Waals surface area contributed by atoms with E-state index in [4.69, 9.17) is 11.6 Å². The van der Waals surface area contributed by atoms with Crippen molar-refractivity contribution in [1.82, 2.24) is 0 Å². The molecule has 0 aliphatic heterocycles. The number of rotatable bonds is 2. The largest absolute Gasteiger partial charge is 0.277 e. The molecule has 0 aromatic heterocycles. The summed E-state index contributed by atoms with van der Waals surface area (Å²) in [5.41, 5.74) is 7.62. The van der Waals surface area contributed by atoms with Crippen molar-refractivity contribution in [3.05, 3.63) is 64.7 Å². The predicted molar refractivity (Wildman–Crippen MR) is 76.4 cm³/mol. The van der Waals surface area contributed by atoms with Crippen molar-refractivity contribution < 1.29 is 0 Å². The van der Waals surface area contributed by atoms with Gasteiger partial charge in [-0.05, 0) is 30.5 Å². The van der Waals surface area contributed by atoms with E-state index < -0.39 is 0 Å². The highest BCUT2D eigenvalue weighted by Crippen LogP contribution is 2.24. The average Bonchev–Trinajstić information content (AvgIpc) is 2.81. The summed E-state index contributed by atoms with van der Waals surface area (Å²) >= 11 is 6.08. The van der Waals surface area contributed by atoms with Crippen LogP contribution in [-0.2, 0) is 6.42 Å². The summed E-state index contributed by atoms with van der Waals surface area (Å²) in [4.78, 5) is 0. The third-order valence-electron chi connectivity index (χ3n) is 3.14. The summed E-state index contributed by atoms with van der Waals surface area (Å²) in [7, 11) is 0. The maximum atomic E-state index is 6.08. The van der Waals surface area contributed by atoms with Crippen LogP contribution in [0.3, 0.4) is 0 Å². The molecule has 0 spiro atoms. The van der Waals surface area contributed by atoms with Gasteiger partial charge in [0, 0.05) is 5.56 Å². The molecule has 0 radical (unpaired) electrons. The summed E-state index contributed by atoms with van der Waals surface area (Å²) in [6.07, 6.45) is 2.05. The number of hydrogen-bond donors (Lipinski definition) is 1. The lowest BCUT2D eigenvalue weighted by atomic mass is 10.1. The standard InChI is InChI=1S/C15H13ClN2/c16-13-7-3-4-8-15(13)18-17-14-10-9-11-5-1-2-6-12(11)14/h1-8,18H,9-10H2/b17-14-. The Morgan fingerprint density at radius 2 is 1.72 bits per heavy atom. The molecule has 0 atom stereocenters. The first-order valence-corrected chi connectivity index (χ1v) is 6.38. The second-order valence-electron chi connectivity index (χ2n) is 4.31. The van der Waals surface area contributed by atoms with E-state index in [9.17, 15) is 0 Å². The summed E-state index contributed by atoms with van der Waals surface area (Å²) in [5.74, 6) is 0. The van der Waals surface area contributed by atoms with E-state index in [0.717, 1.165) is 24.2 Å². The molecule has 1 N–H and O–H groups in total. The first kappa shape index (κ1) is 11.3. The van der Waals surface area contributed by atoms with E-state index >= 15 is 0 Å². The number of aryl methyl sites for hydroxylation is 1. The van der Waals surface area contributed by atoms with Gasteiger partial charge in [0.15, 0.2) is 0 Å².